The van der Waals surface area contributed by atoms with Crippen molar-refractivity contribution in [2.75, 3.05) is 12.4 Å². The van der Waals surface area contributed by atoms with E-state index >= 15 is 0 Å². The second-order valence-electron chi connectivity index (χ2n) is 4.86. The highest BCUT2D eigenvalue weighted by atomic mass is 35.5. The molecule has 5 nitrogen and oxygen atoms in total. The van der Waals surface area contributed by atoms with Crippen molar-refractivity contribution in [3.63, 3.8) is 0 Å². The molecule has 0 radical (unpaired) electrons. The molecule has 0 aliphatic rings. The van der Waals surface area contributed by atoms with Crippen molar-refractivity contribution < 1.29 is 14.1 Å². The molecule has 0 unspecified atom stereocenters. The third-order valence-electron chi connectivity index (χ3n) is 3.29. The molecule has 3 rings (SSSR count). The van der Waals surface area contributed by atoms with Crippen LogP contribution in [0.4, 0.5) is 5.69 Å². The molecule has 0 spiro atoms. The molecule has 1 aromatic heterocycles. The molecular weight excluding hydrogens is 351 g/mol. The SMILES string of the molecule is COc1ccc(NC(=O)c2cc(-c3ccccc3Cl)no2)cc1Cl. The molecule has 0 saturated heterocycles. The topological polar surface area (TPSA) is 64.4 Å². The Morgan fingerprint density at radius 1 is 1.12 bits per heavy atom. The quantitative estimate of drug-likeness (QED) is 0.715. The monoisotopic (exact) mass is 362 g/mol. The third kappa shape index (κ3) is 3.37. The van der Waals surface area contributed by atoms with Crippen molar-refractivity contribution in [3.8, 4) is 17.0 Å². The number of ether oxygens (including phenoxy) is 1. The van der Waals surface area contributed by atoms with Crippen LogP contribution >= 0.6 is 23.2 Å². The largest absolute Gasteiger partial charge is 0.495 e. The minimum absolute atomic E-state index is 0.0665. The van der Waals surface area contributed by atoms with E-state index in [-0.39, 0.29) is 5.76 Å². The van der Waals surface area contributed by atoms with E-state index in [4.69, 9.17) is 32.5 Å². The summed E-state index contributed by atoms with van der Waals surface area (Å²) < 4.78 is 10.2. The molecule has 1 amide bonds. The Labute approximate surface area is 148 Å². The Morgan fingerprint density at radius 3 is 2.62 bits per heavy atom. The molecular formula is C17H12Cl2N2O3. The van der Waals surface area contributed by atoms with Crippen LogP contribution in [-0.2, 0) is 0 Å². The second-order valence-corrected chi connectivity index (χ2v) is 5.67. The van der Waals surface area contributed by atoms with Gasteiger partial charge in [-0.1, -0.05) is 46.6 Å². The lowest BCUT2D eigenvalue weighted by atomic mass is 10.1. The van der Waals surface area contributed by atoms with Crippen LogP contribution in [0.15, 0.2) is 53.1 Å². The number of halogens is 2. The summed E-state index contributed by atoms with van der Waals surface area (Å²) >= 11 is 12.1. The number of hydrogen-bond donors (Lipinski definition) is 1. The molecule has 0 atom stereocenters. The van der Waals surface area contributed by atoms with E-state index in [1.54, 1.807) is 30.3 Å². The number of aromatic nitrogens is 1. The molecule has 24 heavy (non-hydrogen) atoms. The number of anilines is 1. The van der Waals surface area contributed by atoms with Gasteiger partial charge in [-0.3, -0.25) is 4.79 Å². The fourth-order valence-corrected chi connectivity index (χ4v) is 2.61. The summed E-state index contributed by atoms with van der Waals surface area (Å²) in [6, 6.07) is 13.6. The number of carbonyl (C=O) groups excluding carboxylic acids is 1. The smallest absolute Gasteiger partial charge is 0.294 e. The van der Waals surface area contributed by atoms with E-state index in [0.29, 0.717) is 32.7 Å². The summed E-state index contributed by atoms with van der Waals surface area (Å²) in [5.41, 5.74) is 1.69. The number of methoxy groups -OCH3 is 1. The average Bonchev–Trinajstić information content (AvgIpc) is 3.05. The molecule has 0 fully saturated rings. The van der Waals surface area contributed by atoms with Crippen molar-refractivity contribution >= 4 is 34.8 Å². The first kappa shape index (κ1) is 16.4. The Kier molecular flexibility index (Phi) is 4.74. The van der Waals surface area contributed by atoms with Gasteiger partial charge >= 0.3 is 0 Å². The zero-order valence-electron chi connectivity index (χ0n) is 12.5. The standard InChI is InChI=1S/C17H12Cl2N2O3/c1-23-15-7-6-10(8-13(15)19)20-17(22)16-9-14(21-24-16)11-4-2-3-5-12(11)18/h2-9H,1H3,(H,20,22). The van der Waals surface area contributed by atoms with Crippen molar-refractivity contribution in [2.24, 2.45) is 0 Å². The summed E-state index contributed by atoms with van der Waals surface area (Å²) in [6.07, 6.45) is 0. The first-order valence-corrected chi connectivity index (χ1v) is 7.70. The highest BCUT2D eigenvalue weighted by Gasteiger charge is 2.16. The minimum atomic E-state index is -0.443. The lowest BCUT2D eigenvalue weighted by Crippen LogP contribution is -2.10. The van der Waals surface area contributed by atoms with Gasteiger partial charge in [0.25, 0.3) is 5.91 Å². The van der Waals surface area contributed by atoms with Crippen LogP contribution in [0.2, 0.25) is 10.0 Å². The predicted octanol–water partition coefficient (Wildman–Crippen LogP) is 4.91. The molecule has 1 N–H and O–H groups in total. The Bertz CT molecular complexity index is 893. The molecule has 0 aliphatic carbocycles. The lowest BCUT2D eigenvalue weighted by molar-refractivity contribution is 0.0988. The first-order valence-electron chi connectivity index (χ1n) is 6.95. The van der Waals surface area contributed by atoms with Crippen LogP contribution < -0.4 is 10.1 Å². The van der Waals surface area contributed by atoms with E-state index in [1.807, 2.05) is 12.1 Å². The summed E-state index contributed by atoms with van der Waals surface area (Å²) in [5.74, 6) is 0.147. The number of nitrogens with zero attached hydrogens (tertiary/aromatic N) is 1. The van der Waals surface area contributed by atoms with Crippen LogP contribution in [-0.4, -0.2) is 18.2 Å². The molecule has 3 aromatic rings. The Balaban J connectivity index is 1.79. The lowest BCUT2D eigenvalue weighted by Gasteiger charge is -2.06. The van der Waals surface area contributed by atoms with Gasteiger partial charge in [0.15, 0.2) is 0 Å². The van der Waals surface area contributed by atoms with Crippen molar-refractivity contribution in [1.82, 2.24) is 5.16 Å². The number of rotatable bonds is 4. The number of hydrogen-bond acceptors (Lipinski definition) is 4. The number of carbonyl (C=O) groups is 1. The van der Waals surface area contributed by atoms with Crippen molar-refractivity contribution in [2.45, 2.75) is 0 Å². The van der Waals surface area contributed by atoms with Gasteiger partial charge in [0.2, 0.25) is 5.76 Å². The van der Waals surface area contributed by atoms with Gasteiger partial charge in [-0.2, -0.15) is 0 Å². The highest BCUT2D eigenvalue weighted by Crippen LogP contribution is 2.29. The maximum absolute atomic E-state index is 12.3. The van der Waals surface area contributed by atoms with E-state index in [1.165, 1.54) is 13.2 Å². The van der Waals surface area contributed by atoms with E-state index < -0.39 is 5.91 Å². The van der Waals surface area contributed by atoms with Gasteiger partial charge in [-0.15, -0.1) is 0 Å². The minimum Gasteiger partial charge on any atom is -0.495 e. The van der Waals surface area contributed by atoms with Gasteiger partial charge in [-0.05, 0) is 24.3 Å². The second kappa shape index (κ2) is 6.95. The van der Waals surface area contributed by atoms with Gasteiger partial charge < -0.3 is 14.6 Å². The summed E-state index contributed by atoms with van der Waals surface area (Å²) in [7, 11) is 1.52. The highest BCUT2D eigenvalue weighted by molar-refractivity contribution is 6.33. The normalized spacial score (nSPS) is 10.5. The molecule has 0 bridgehead atoms. The fourth-order valence-electron chi connectivity index (χ4n) is 2.11. The average molecular weight is 363 g/mol. The molecule has 0 aliphatic heterocycles. The number of amides is 1. The van der Waals surface area contributed by atoms with E-state index in [9.17, 15) is 4.79 Å². The molecule has 0 saturated carbocycles. The van der Waals surface area contributed by atoms with Crippen molar-refractivity contribution in [1.29, 1.82) is 0 Å². The van der Waals surface area contributed by atoms with Crippen LogP contribution in [0.25, 0.3) is 11.3 Å². The molecule has 1 heterocycles. The van der Waals surface area contributed by atoms with Crippen molar-refractivity contribution in [3.05, 3.63) is 64.3 Å². The van der Waals surface area contributed by atoms with E-state index in [0.717, 1.165) is 0 Å². The number of nitrogens with one attached hydrogen (secondary N) is 1. The summed E-state index contributed by atoms with van der Waals surface area (Å²) in [5, 5.41) is 7.49. The molecule has 7 heteroatoms. The Hall–Kier alpha value is -2.50. The number of benzene rings is 2. The fraction of sp³-hybridized carbons (Fsp3) is 0.0588. The third-order valence-corrected chi connectivity index (χ3v) is 3.92. The van der Waals surface area contributed by atoms with Crippen LogP contribution in [0, 0.1) is 0 Å². The van der Waals surface area contributed by atoms with Gasteiger partial charge in [0, 0.05) is 17.3 Å². The van der Waals surface area contributed by atoms with E-state index in [2.05, 4.69) is 10.5 Å². The zero-order chi connectivity index (χ0) is 17.1. The van der Waals surface area contributed by atoms with Gasteiger partial charge in [0.1, 0.15) is 11.4 Å². The van der Waals surface area contributed by atoms with Crippen LogP contribution in [0.5, 0.6) is 5.75 Å². The predicted molar refractivity (Wildman–Crippen MR) is 92.9 cm³/mol. The van der Waals surface area contributed by atoms with Crippen LogP contribution in [0.3, 0.4) is 0 Å². The summed E-state index contributed by atoms with van der Waals surface area (Å²) in [6.45, 7) is 0. The van der Waals surface area contributed by atoms with Gasteiger partial charge in [-0.25, -0.2) is 0 Å². The maximum Gasteiger partial charge on any atom is 0.294 e. The zero-order valence-corrected chi connectivity index (χ0v) is 14.1. The molecule has 122 valence electrons. The first-order chi connectivity index (χ1) is 11.6. The Morgan fingerprint density at radius 2 is 1.92 bits per heavy atom. The van der Waals surface area contributed by atoms with Gasteiger partial charge in [0.05, 0.1) is 17.2 Å². The maximum atomic E-state index is 12.3. The summed E-state index contributed by atoms with van der Waals surface area (Å²) in [4.78, 5) is 12.3. The molecule has 2 aromatic carbocycles. The van der Waals surface area contributed by atoms with Crippen LogP contribution in [0.1, 0.15) is 10.6 Å².